The highest BCUT2D eigenvalue weighted by atomic mass is 32.2. The van der Waals surface area contributed by atoms with Gasteiger partial charge in [-0.1, -0.05) is 74.5 Å². The number of carbonyl (C=O) groups is 3. The predicted octanol–water partition coefficient (Wildman–Crippen LogP) is 4.75. The summed E-state index contributed by atoms with van der Waals surface area (Å²) in [6, 6.07) is 17.4. The lowest BCUT2D eigenvalue weighted by molar-refractivity contribution is -0.124. The van der Waals surface area contributed by atoms with E-state index in [1.807, 2.05) is 72.2 Å². The minimum absolute atomic E-state index is 0.195. The van der Waals surface area contributed by atoms with Crippen LogP contribution < -0.4 is 21.3 Å². The van der Waals surface area contributed by atoms with Gasteiger partial charge in [-0.2, -0.15) is 0 Å². The van der Waals surface area contributed by atoms with Crippen LogP contribution in [0.15, 0.2) is 77.1 Å². The van der Waals surface area contributed by atoms with Gasteiger partial charge in [-0.05, 0) is 36.8 Å². The summed E-state index contributed by atoms with van der Waals surface area (Å²) in [5.74, 6) is 0.567. The Morgan fingerprint density at radius 1 is 0.958 bits per heavy atom. The smallest absolute Gasteiger partial charge is 0.407 e. The molecule has 1 aromatic heterocycles. The quantitative estimate of drug-likeness (QED) is 0.136. The average Bonchev–Trinajstić information content (AvgIpc) is 3.79. The topological polar surface area (TPSA) is 145 Å². The molecule has 258 valence electrons. The Balaban J connectivity index is 1.39. The molecule has 4 rings (SSSR count). The van der Waals surface area contributed by atoms with Gasteiger partial charge in [0.1, 0.15) is 12.6 Å². The maximum Gasteiger partial charge on any atom is 0.407 e. The first-order valence-corrected chi connectivity index (χ1v) is 18.0. The molecule has 11 nitrogen and oxygen atoms in total. The van der Waals surface area contributed by atoms with Crippen LogP contribution in [-0.2, 0) is 28.9 Å². The number of urea groups is 1. The first-order valence-electron chi connectivity index (χ1n) is 16.1. The number of amides is 4. The van der Waals surface area contributed by atoms with Crippen molar-refractivity contribution in [3.8, 4) is 0 Å². The Morgan fingerprint density at radius 2 is 1.58 bits per heavy atom. The number of benzene rings is 2. The van der Waals surface area contributed by atoms with Crippen molar-refractivity contribution in [1.82, 2.24) is 31.2 Å². The summed E-state index contributed by atoms with van der Waals surface area (Å²) in [6.07, 6.45) is 3.53. The number of aliphatic hydroxyl groups is 1. The fourth-order valence-electron chi connectivity index (χ4n) is 5.14. The van der Waals surface area contributed by atoms with E-state index >= 15 is 0 Å². The summed E-state index contributed by atoms with van der Waals surface area (Å²) in [4.78, 5) is 46.3. The number of thiazole rings is 1. The molecule has 4 amide bonds. The van der Waals surface area contributed by atoms with Crippen molar-refractivity contribution in [1.29, 1.82) is 0 Å². The maximum absolute atomic E-state index is 13.5. The monoisotopic (exact) mass is 694 g/mol. The van der Waals surface area contributed by atoms with Crippen molar-refractivity contribution in [2.75, 3.05) is 26.1 Å². The lowest BCUT2D eigenvalue weighted by atomic mass is 9.96. The molecular formula is C35H46N6O5S2. The van der Waals surface area contributed by atoms with Gasteiger partial charge in [-0.15, -0.1) is 23.1 Å². The largest absolute Gasteiger partial charge is 0.444 e. The Bertz CT molecular complexity index is 1490. The van der Waals surface area contributed by atoms with Crippen LogP contribution in [0.25, 0.3) is 0 Å². The first-order chi connectivity index (χ1) is 23.2. The van der Waals surface area contributed by atoms with Crippen LogP contribution in [0, 0.1) is 0 Å². The van der Waals surface area contributed by atoms with E-state index in [-0.39, 0.29) is 25.2 Å². The fourth-order valence-corrected chi connectivity index (χ4v) is 6.63. The standard InChI is InChI=1S/C35H46N6O5S2/c1-24(2)33-38-29(22-47-33)19-41(3)34(44)40-31(20-42)32(43)37-27(16-25-10-6-4-7-11-25)14-15-28(17-26-12-8-5-9-13-26)39-35(45)46-21-30-18-36-23-48-30/h4-13,18,22,24,27-28,31,36,42H,14-17,19-21,23H2,1-3H3,(H,37,43)(H,39,45)(H,40,44). The molecule has 1 aliphatic rings. The second-order valence-corrected chi connectivity index (χ2v) is 14.0. The molecule has 48 heavy (non-hydrogen) atoms. The van der Waals surface area contributed by atoms with Crippen molar-refractivity contribution in [2.45, 2.75) is 70.1 Å². The minimum atomic E-state index is -1.15. The third-order valence-corrected chi connectivity index (χ3v) is 9.85. The molecule has 0 spiro atoms. The molecule has 0 bridgehead atoms. The van der Waals surface area contributed by atoms with E-state index in [9.17, 15) is 19.5 Å². The molecule has 0 saturated heterocycles. The molecule has 2 heterocycles. The molecule has 3 aromatic rings. The van der Waals surface area contributed by atoms with E-state index in [4.69, 9.17) is 4.74 Å². The van der Waals surface area contributed by atoms with Crippen LogP contribution in [0.3, 0.4) is 0 Å². The normalized spacial score (nSPS) is 14.3. The van der Waals surface area contributed by atoms with Gasteiger partial charge in [-0.25, -0.2) is 14.6 Å². The third-order valence-electron chi connectivity index (χ3n) is 7.74. The lowest BCUT2D eigenvalue weighted by Crippen LogP contribution is -2.54. The summed E-state index contributed by atoms with van der Waals surface area (Å²) in [7, 11) is 1.62. The molecule has 13 heteroatoms. The van der Waals surface area contributed by atoms with Crippen LogP contribution in [0.4, 0.5) is 9.59 Å². The first kappa shape index (κ1) is 36.8. The molecule has 3 atom stereocenters. The number of nitrogens with one attached hydrogen (secondary N) is 4. The van der Waals surface area contributed by atoms with E-state index in [0.29, 0.717) is 31.6 Å². The van der Waals surface area contributed by atoms with Gasteiger partial charge in [0.15, 0.2) is 0 Å². The van der Waals surface area contributed by atoms with Gasteiger partial charge in [0.05, 0.1) is 29.7 Å². The van der Waals surface area contributed by atoms with Crippen molar-refractivity contribution in [3.63, 3.8) is 0 Å². The van der Waals surface area contributed by atoms with E-state index in [0.717, 1.165) is 32.6 Å². The SMILES string of the molecule is CC(C)c1nc(CN(C)C(=O)NC(CO)C(=O)NC(CCC(Cc2ccccc2)NC(=O)OCC2=CNCS2)Cc2ccccc2)cs1. The van der Waals surface area contributed by atoms with Gasteiger partial charge in [0.25, 0.3) is 0 Å². The fraction of sp³-hybridized carbons (Fsp3) is 0.429. The summed E-state index contributed by atoms with van der Waals surface area (Å²) >= 11 is 3.14. The van der Waals surface area contributed by atoms with Crippen molar-refractivity contribution in [3.05, 3.63) is 99.0 Å². The van der Waals surface area contributed by atoms with E-state index in [1.165, 1.54) is 4.90 Å². The molecule has 0 saturated carbocycles. The molecule has 0 aliphatic carbocycles. The van der Waals surface area contributed by atoms with Crippen molar-refractivity contribution >= 4 is 41.1 Å². The molecule has 5 N–H and O–H groups in total. The summed E-state index contributed by atoms with van der Waals surface area (Å²) < 4.78 is 5.49. The van der Waals surface area contributed by atoms with E-state index in [2.05, 4.69) is 40.1 Å². The average molecular weight is 695 g/mol. The van der Waals surface area contributed by atoms with Gasteiger partial charge in [0.2, 0.25) is 5.91 Å². The van der Waals surface area contributed by atoms with Crippen LogP contribution in [0.5, 0.6) is 0 Å². The lowest BCUT2D eigenvalue weighted by Gasteiger charge is -2.26. The Kier molecular flexibility index (Phi) is 14.6. The summed E-state index contributed by atoms with van der Waals surface area (Å²) in [5.41, 5.74) is 2.86. The highest BCUT2D eigenvalue weighted by Gasteiger charge is 2.26. The number of rotatable bonds is 17. The van der Waals surface area contributed by atoms with Gasteiger partial charge in [0, 0.05) is 41.5 Å². The molecule has 0 fully saturated rings. The highest BCUT2D eigenvalue weighted by molar-refractivity contribution is 8.03. The predicted molar refractivity (Wildman–Crippen MR) is 190 cm³/mol. The number of thioether (sulfide) groups is 1. The molecule has 1 aliphatic heterocycles. The van der Waals surface area contributed by atoms with Crippen LogP contribution in [0.1, 0.15) is 54.4 Å². The van der Waals surface area contributed by atoms with Crippen LogP contribution in [-0.4, -0.2) is 77.3 Å². The van der Waals surface area contributed by atoms with Crippen LogP contribution >= 0.6 is 23.1 Å². The van der Waals surface area contributed by atoms with Crippen LogP contribution in [0.2, 0.25) is 0 Å². The number of nitrogens with zero attached hydrogens (tertiary/aromatic N) is 2. The minimum Gasteiger partial charge on any atom is -0.444 e. The van der Waals surface area contributed by atoms with Crippen molar-refractivity contribution in [2.24, 2.45) is 0 Å². The number of aliphatic hydroxyl groups excluding tert-OH is 1. The molecule has 3 unspecified atom stereocenters. The van der Waals surface area contributed by atoms with E-state index < -0.39 is 30.7 Å². The second kappa shape index (κ2) is 19.1. The molecule has 0 radical (unpaired) electrons. The summed E-state index contributed by atoms with van der Waals surface area (Å²) in [6.45, 7) is 4.04. The van der Waals surface area contributed by atoms with Gasteiger partial charge < -0.3 is 36.0 Å². The zero-order valence-corrected chi connectivity index (χ0v) is 29.3. The second-order valence-electron chi connectivity index (χ2n) is 12.1. The number of hydrogen-bond acceptors (Lipinski definition) is 9. The Morgan fingerprint density at radius 3 is 2.12 bits per heavy atom. The number of aromatic nitrogens is 1. The highest BCUT2D eigenvalue weighted by Crippen LogP contribution is 2.20. The molecule has 2 aromatic carbocycles. The van der Waals surface area contributed by atoms with Crippen molar-refractivity contribution < 1.29 is 24.2 Å². The Hall–Kier alpha value is -4.07. The van der Waals surface area contributed by atoms with E-state index in [1.54, 1.807) is 30.1 Å². The number of hydrogen-bond donors (Lipinski definition) is 5. The third kappa shape index (κ3) is 12.2. The summed E-state index contributed by atoms with van der Waals surface area (Å²) in [5, 5.41) is 24.9. The maximum atomic E-state index is 13.5. The number of ether oxygens (including phenoxy) is 1. The Labute approximate surface area is 290 Å². The van der Waals surface area contributed by atoms with Gasteiger partial charge in [-0.3, -0.25) is 4.79 Å². The zero-order chi connectivity index (χ0) is 34.3. The zero-order valence-electron chi connectivity index (χ0n) is 27.7. The molecular weight excluding hydrogens is 649 g/mol. The number of carbonyl (C=O) groups excluding carboxylic acids is 3. The number of alkyl carbamates (subject to hydrolysis) is 1. The van der Waals surface area contributed by atoms with Gasteiger partial charge >= 0.3 is 12.1 Å².